The van der Waals surface area contributed by atoms with E-state index < -0.39 is 46.7 Å². The quantitative estimate of drug-likeness (QED) is 0.526. The van der Waals surface area contributed by atoms with Gasteiger partial charge in [-0.25, -0.2) is 18.0 Å². The summed E-state index contributed by atoms with van der Waals surface area (Å²) < 4.78 is 43.3. The fraction of sp³-hybridized carbons (Fsp3) is 0.333. The Bertz CT molecular complexity index is 1040. The highest BCUT2D eigenvalue weighted by Gasteiger charge is 2.42. The minimum Gasteiger partial charge on any atom is -0.465 e. The molecule has 2 amide bonds. The molecule has 2 N–H and O–H groups in total. The van der Waals surface area contributed by atoms with Gasteiger partial charge in [0, 0.05) is 22.2 Å². The lowest BCUT2D eigenvalue weighted by Crippen LogP contribution is -2.66. The molecule has 3 rings (SSSR count). The molecule has 0 atom stereocenters. The van der Waals surface area contributed by atoms with E-state index in [-0.39, 0.29) is 24.3 Å². The molecule has 2 aromatic carbocycles. The predicted octanol–water partition coefficient (Wildman–Crippen LogP) is 5.06. The first-order valence-electron chi connectivity index (χ1n) is 9.41. The van der Waals surface area contributed by atoms with Gasteiger partial charge in [0.15, 0.2) is 11.6 Å². The molecule has 2 aromatic rings. The Labute approximate surface area is 191 Å². The number of rotatable bonds is 4. The summed E-state index contributed by atoms with van der Waals surface area (Å²) >= 11 is 1.91. The van der Waals surface area contributed by atoms with Gasteiger partial charge in [-0.1, -0.05) is 0 Å². The van der Waals surface area contributed by atoms with Crippen LogP contribution in [0.3, 0.4) is 0 Å². The minimum absolute atomic E-state index is 0.106. The Morgan fingerprint density at radius 3 is 2.32 bits per heavy atom. The highest BCUT2D eigenvalue weighted by molar-refractivity contribution is 14.1. The number of carboxylic acid groups (broad SMARTS) is 1. The molecule has 1 aliphatic heterocycles. The van der Waals surface area contributed by atoms with Crippen molar-refractivity contribution in [2.75, 3.05) is 18.4 Å². The summed E-state index contributed by atoms with van der Waals surface area (Å²) in [6, 6.07) is 5.69. The zero-order chi connectivity index (χ0) is 23.1. The van der Waals surface area contributed by atoms with Gasteiger partial charge in [-0.2, -0.15) is 0 Å². The molecule has 0 spiro atoms. The normalized spacial score (nSPS) is 14.2. The molecule has 6 nitrogen and oxygen atoms in total. The van der Waals surface area contributed by atoms with Crippen molar-refractivity contribution in [1.29, 1.82) is 0 Å². The van der Waals surface area contributed by atoms with Crippen LogP contribution in [0.5, 0.6) is 0 Å². The zero-order valence-electron chi connectivity index (χ0n) is 17.0. The summed E-state index contributed by atoms with van der Waals surface area (Å²) in [6.45, 7) is 5.47. The van der Waals surface area contributed by atoms with Crippen molar-refractivity contribution in [1.82, 2.24) is 9.80 Å². The van der Waals surface area contributed by atoms with Crippen LogP contribution in [0.15, 0.2) is 30.3 Å². The van der Waals surface area contributed by atoms with Crippen LogP contribution in [0.4, 0.5) is 29.3 Å². The summed E-state index contributed by atoms with van der Waals surface area (Å²) in [4.78, 5) is 27.2. The molecule has 31 heavy (non-hydrogen) atoms. The van der Waals surface area contributed by atoms with Gasteiger partial charge in [-0.3, -0.25) is 9.69 Å². The predicted molar refractivity (Wildman–Crippen MR) is 118 cm³/mol. The maximum atomic E-state index is 14.6. The van der Waals surface area contributed by atoms with E-state index in [9.17, 15) is 27.9 Å². The maximum absolute atomic E-state index is 14.6. The van der Waals surface area contributed by atoms with Crippen LogP contribution >= 0.6 is 22.6 Å². The van der Waals surface area contributed by atoms with Crippen molar-refractivity contribution in [3.8, 4) is 0 Å². The second-order valence-corrected chi connectivity index (χ2v) is 9.47. The number of benzene rings is 2. The minimum atomic E-state index is -1.30. The molecule has 0 saturated carbocycles. The number of nitrogens with zero attached hydrogens (tertiary/aromatic N) is 2. The van der Waals surface area contributed by atoms with Gasteiger partial charge in [0.2, 0.25) is 0 Å². The van der Waals surface area contributed by atoms with E-state index in [4.69, 9.17) is 0 Å². The van der Waals surface area contributed by atoms with Gasteiger partial charge in [-0.05, 0) is 73.7 Å². The van der Waals surface area contributed by atoms with E-state index in [1.165, 1.54) is 21.9 Å². The first-order chi connectivity index (χ1) is 14.4. The number of amides is 2. The van der Waals surface area contributed by atoms with Crippen molar-refractivity contribution in [2.24, 2.45) is 0 Å². The second kappa shape index (κ2) is 8.56. The van der Waals surface area contributed by atoms with E-state index >= 15 is 0 Å². The largest absolute Gasteiger partial charge is 0.465 e. The smallest absolute Gasteiger partial charge is 0.408 e. The molecule has 0 aliphatic carbocycles. The maximum Gasteiger partial charge on any atom is 0.408 e. The Morgan fingerprint density at radius 2 is 1.77 bits per heavy atom. The lowest BCUT2D eigenvalue weighted by atomic mass is 9.97. The second-order valence-electron chi connectivity index (χ2n) is 8.22. The summed E-state index contributed by atoms with van der Waals surface area (Å²) in [7, 11) is 0. The average Bonchev–Trinajstić information content (AvgIpc) is 2.61. The molecule has 1 heterocycles. The average molecular weight is 547 g/mol. The van der Waals surface area contributed by atoms with Crippen molar-refractivity contribution in [3.05, 3.63) is 56.9 Å². The third-order valence-corrected chi connectivity index (χ3v) is 5.63. The summed E-state index contributed by atoms with van der Waals surface area (Å²) in [5.74, 6) is -3.78. The van der Waals surface area contributed by atoms with Crippen molar-refractivity contribution in [3.63, 3.8) is 0 Å². The molecular weight excluding hydrogens is 526 g/mol. The third kappa shape index (κ3) is 4.73. The molecule has 1 aliphatic rings. The summed E-state index contributed by atoms with van der Waals surface area (Å²) in [5.41, 5.74) is -1.42. The number of anilines is 2. The van der Waals surface area contributed by atoms with Crippen LogP contribution < -0.4 is 5.32 Å². The van der Waals surface area contributed by atoms with Crippen LogP contribution in [-0.2, 0) is 0 Å². The molecular formula is C21H21F3IN3O3. The van der Waals surface area contributed by atoms with Crippen molar-refractivity contribution >= 4 is 46.0 Å². The van der Waals surface area contributed by atoms with Gasteiger partial charge >= 0.3 is 6.09 Å². The van der Waals surface area contributed by atoms with Crippen LogP contribution in [0.25, 0.3) is 0 Å². The molecule has 166 valence electrons. The lowest BCUT2D eigenvalue weighted by molar-refractivity contribution is -0.00106. The van der Waals surface area contributed by atoms with E-state index in [0.717, 1.165) is 12.1 Å². The van der Waals surface area contributed by atoms with Crippen LogP contribution in [0.2, 0.25) is 0 Å². The van der Waals surface area contributed by atoms with E-state index in [1.54, 1.807) is 26.8 Å². The number of hydrogen-bond acceptors (Lipinski definition) is 3. The fourth-order valence-electron chi connectivity index (χ4n) is 3.52. The van der Waals surface area contributed by atoms with Crippen LogP contribution in [-0.4, -0.2) is 51.6 Å². The van der Waals surface area contributed by atoms with Crippen LogP contribution in [0, 0.1) is 21.0 Å². The Kier molecular flexibility index (Phi) is 6.40. The Morgan fingerprint density at radius 1 is 1.13 bits per heavy atom. The zero-order valence-corrected chi connectivity index (χ0v) is 19.2. The molecule has 0 radical (unpaired) electrons. The van der Waals surface area contributed by atoms with Gasteiger partial charge in [0.05, 0.1) is 23.0 Å². The number of carbonyl (C=O) groups is 2. The molecule has 0 bridgehead atoms. The highest BCUT2D eigenvalue weighted by atomic mass is 127. The third-order valence-electron chi connectivity index (χ3n) is 4.96. The number of likely N-dealkylation sites (tertiary alicyclic amines) is 1. The number of nitrogens with one attached hydrogen (secondary N) is 1. The molecule has 1 fully saturated rings. The first-order valence-corrected chi connectivity index (χ1v) is 10.5. The SMILES string of the molecule is CC(C)(C)N(C(=O)O)C1CN(C(=O)c2ccc(F)c(F)c2Nc2ccc(I)cc2F)C1. The molecule has 0 unspecified atom stereocenters. The summed E-state index contributed by atoms with van der Waals surface area (Å²) in [6.07, 6.45) is -1.10. The van der Waals surface area contributed by atoms with Crippen molar-refractivity contribution < 1.29 is 27.9 Å². The van der Waals surface area contributed by atoms with Crippen molar-refractivity contribution in [2.45, 2.75) is 32.4 Å². The molecule has 0 aromatic heterocycles. The summed E-state index contributed by atoms with van der Waals surface area (Å²) in [5, 5.41) is 12.0. The van der Waals surface area contributed by atoms with E-state index in [2.05, 4.69) is 5.32 Å². The van der Waals surface area contributed by atoms with Crippen LogP contribution in [0.1, 0.15) is 31.1 Å². The van der Waals surface area contributed by atoms with Gasteiger partial charge in [0.25, 0.3) is 5.91 Å². The Hall–Kier alpha value is -2.50. The van der Waals surface area contributed by atoms with E-state index in [1.807, 2.05) is 22.6 Å². The van der Waals surface area contributed by atoms with Gasteiger partial charge in [-0.15, -0.1) is 0 Å². The standard InChI is InChI=1S/C21H21F3IN3O3/c1-21(2,3)28(20(30)31)12-9-27(10-12)19(29)13-5-6-14(22)17(24)18(13)26-16-7-4-11(25)8-15(16)23/h4-8,12,26H,9-10H2,1-3H3,(H,30,31). The molecule has 10 heteroatoms. The topological polar surface area (TPSA) is 72.9 Å². The lowest BCUT2D eigenvalue weighted by Gasteiger charge is -2.49. The number of hydrogen-bond donors (Lipinski definition) is 2. The highest BCUT2D eigenvalue weighted by Crippen LogP contribution is 2.31. The van der Waals surface area contributed by atoms with Gasteiger partial charge < -0.3 is 15.3 Å². The van der Waals surface area contributed by atoms with Gasteiger partial charge in [0.1, 0.15) is 5.82 Å². The Balaban J connectivity index is 1.86. The monoisotopic (exact) mass is 547 g/mol. The fourth-order valence-corrected chi connectivity index (χ4v) is 3.98. The molecule has 1 saturated heterocycles. The number of halogens is 4. The number of carbonyl (C=O) groups excluding carboxylic acids is 1. The first kappa shape index (κ1) is 23.2. The van der Waals surface area contributed by atoms with E-state index in [0.29, 0.717) is 3.57 Å².